The maximum Gasteiger partial charge on any atom is 0.330 e. The van der Waals surface area contributed by atoms with Gasteiger partial charge in [-0.1, -0.05) is 24.3 Å². The molecule has 3 rings (SSSR count). The van der Waals surface area contributed by atoms with Gasteiger partial charge in [0.05, 0.1) is 26.3 Å². The number of rotatable bonds is 7. The molecule has 30 heavy (non-hydrogen) atoms. The minimum atomic E-state index is -0.498. The fourth-order valence-electron chi connectivity index (χ4n) is 2.70. The zero-order valence-electron chi connectivity index (χ0n) is 16.9. The average molecular weight is 407 g/mol. The second kappa shape index (κ2) is 9.56. The van der Waals surface area contributed by atoms with Gasteiger partial charge in [0.15, 0.2) is 11.5 Å². The van der Waals surface area contributed by atoms with Gasteiger partial charge in [0.25, 0.3) is 0 Å². The lowest BCUT2D eigenvalue weighted by atomic mass is 10.2. The molecule has 0 aliphatic carbocycles. The van der Waals surface area contributed by atoms with Gasteiger partial charge in [-0.05, 0) is 42.8 Å². The number of hydrogen-bond acceptors (Lipinski definition) is 7. The molecule has 0 spiro atoms. The molecular weight excluding hydrogens is 386 g/mol. The van der Waals surface area contributed by atoms with Crippen molar-refractivity contribution in [1.29, 1.82) is 0 Å². The largest absolute Gasteiger partial charge is 0.493 e. The first-order valence-electron chi connectivity index (χ1n) is 9.16. The van der Waals surface area contributed by atoms with Gasteiger partial charge in [0.1, 0.15) is 5.76 Å². The standard InChI is InChI=1S/C23H21NO6/c1-15-18(24-23(29-15)17-7-5-4-6-8-17)14-22(26)30-19-11-9-16(13-20(19)27-2)10-12-21(25)28-3/h4-13H,14H2,1-3H3/b12-10+. The van der Waals surface area contributed by atoms with E-state index in [1.807, 2.05) is 30.3 Å². The van der Waals surface area contributed by atoms with Crippen LogP contribution in [0.4, 0.5) is 0 Å². The van der Waals surface area contributed by atoms with Crippen LogP contribution in [0.1, 0.15) is 17.0 Å². The molecule has 0 saturated carbocycles. The van der Waals surface area contributed by atoms with Crippen molar-refractivity contribution in [1.82, 2.24) is 4.98 Å². The predicted octanol–water partition coefficient (Wildman–Crippen LogP) is 3.99. The summed E-state index contributed by atoms with van der Waals surface area (Å²) in [5, 5.41) is 0. The summed E-state index contributed by atoms with van der Waals surface area (Å²) in [6.07, 6.45) is 2.82. The number of aryl methyl sites for hydroxylation is 1. The molecule has 0 unspecified atom stereocenters. The number of hydrogen-bond donors (Lipinski definition) is 0. The molecule has 2 aromatic carbocycles. The first-order chi connectivity index (χ1) is 14.5. The summed E-state index contributed by atoms with van der Waals surface area (Å²) >= 11 is 0. The zero-order valence-corrected chi connectivity index (χ0v) is 16.9. The van der Waals surface area contributed by atoms with Crippen LogP contribution in [0.25, 0.3) is 17.5 Å². The maximum absolute atomic E-state index is 12.5. The lowest BCUT2D eigenvalue weighted by Gasteiger charge is -2.09. The van der Waals surface area contributed by atoms with Crippen LogP contribution in [0, 0.1) is 6.92 Å². The lowest BCUT2D eigenvalue weighted by molar-refractivity contribution is -0.135. The lowest BCUT2D eigenvalue weighted by Crippen LogP contribution is -2.12. The summed E-state index contributed by atoms with van der Waals surface area (Å²) in [4.78, 5) is 28.1. The van der Waals surface area contributed by atoms with Gasteiger partial charge in [0, 0.05) is 11.6 Å². The van der Waals surface area contributed by atoms with Gasteiger partial charge >= 0.3 is 11.9 Å². The second-order valence-electron chi connectivity index (χ2n) is 6.31. The highest BCUT2D eigenvalue weighted by Gasteiger charge is 2.17. The molecule has 0 saturated heterocycles. The smallest absolute Gasteiger partial charge is 0.330 e. The third kappa shape index (κ3) is 5.14. The van der Waals surface area contributed by atoms with Crippen LogP contribution in [0.3, 0.4) is 0 Å². The Bertz CT molecular complexity index is 1070. The van der Waals surface area contributed by atoms with Crippen molar-refractivity contribution in [2.45, 2.75) is 13.3 Å². The fraction of sp³-hybridized carbons (Fsp3) is 0.174. The van der Waals surface area contributed by atoms with E-state index in [0.29, 0.717) is 28.7 Å². The number of nitrogens with zero attached hydrogens (tertiary/aromatic N) is 1. The molecule has 1 aromatic heterocycles. The number of aromatic nitrogens is 1. The average Bonchev–Trinajstić information content (AvgIpc) is 3.13. The van der Waals surface area contributed by atoms with E-state index in [1.54, 1.807) is 31.2 Å². The summed E-state index contributed by atoms with van der Waals surface area (Å²) in [7, 11) is 2.77. The summed E-state index contributed by atoms with van der Waals surface area (Å²) < 4.78 is 21.0. The Hall–Kier alpha value is -3.87. The highest BCUT2D eigenvalue weighted by molar-refractivity contribution is 5.87. The quantitative estimate of drug-likeness (QED) is 0.332. The third-order valence-electron chi connectivity index (χ3n) is 4.25. The molecule has 0 aliphatic heterocycles. The molecular formula is C23H21NO6. The van der Waals surface area contributed by atoms with Gasteiger partial charge in [-0.15, -0.1) is 0 Å². The number of benzene rings is 2. The van der Waals surface area contributed by atoms with Crippen molar-refractivity contribution < 1.29 is 28.2 Å². The highest BCUT2D eigenvalue weighted by Crippen LogP contribution is 2.29. The van der Waals surface area contributed by atoms with Crippen LogP contribution >= 0.6 is 0 Å². The summed E-state index contributed by atoms with van der Waals surface area (Å²) in [6.45, 7) is 1.76. The van der Waals surface area contributed by atoms with Crippen LogP contribution < -0.4 is 9.47 Å². The number of carbonyl (C=O) groups is 2. The summed E-state index contributed by atoms with van der Waals surface area (Å²) in [5.41, 5.74) is 2.03. The van der Waals surface area contributed by atoms with Gasteiger partial charge in [-0.25, -0.2) is 9.78 Å². The van der Waals surface area contributed by atoms with Crippen molar-refractivity contribution in [3.8, 4) is 23.0 Å². The second-order valence-corrected chi connectivity index (χ2v) is 6.31. The van der Waals surface area contributed by atoms with Crippen molar-refractivity contribution >= 4 is 18.0 Å². The molecule has 0 aliphatic rings. The van der Waals surface area contributed by atoms with E-state index in [9.17, 15) is 9.59 Å². The Labute approximate surface area is 173 Å². The minimum absolute atomic E-state index is 0.0463. The number of esters is 2. The van der Waals surface area contributed by atoms with Gasteiger partial charge in [-0.2, -0.15) is 0 Å². The Balaban J connectivity index is 1.71. The number of oxazole rings is 1. The van der Waals surface area contributed by atoms with Crippen molar-refractivity contribution in [2.75, 3.05) is 14.2 Å². The minimum Gasteiger partial charge on any atom is -0.493 e. The maximum atomic E-state index is 12.5. The SMILES string of the molecule is COC(=O)/C=C/c1ccc(OC(=O)Cc2nc(-c3ccccc3)oc2C)c(OC)c1. The molecule has 7 nitrogen and oxygen atoms in total. The Kier molecular flexibility index (Phi) is 6.64. The van der Waals surface area contributed by atoms with Crippen molar-refractivity contribution in [2.24, 2.45) is 0 Å². The molecule has 154 valence electrons. The van der Waals surface area contributed by atoms with E-state index in [-0.39, 0.29) is 12.2 Å². The van der Waals surface area contributed by atoms with E-state index < -0.39 is 11.9 Å². The number of carbonyl (C=O) groups excluding carboxylic acids is 2. The van der Waals surface area contributed by atoms with E-state index in [4.69, 9.17) is 13.9 Å². The van der Waals surface area contributed by atoms with E-state index in [0.717, 1.165) is 5.56 Å². The van der Waals surface area contributed by atoms with E-state index >= 15 is 0 Å². The van der Waals surface area contributed by atoms with E-state index in [2.05, 4.69) is 9.72 Å². The fourth-order valence-corrected chi connectivity index (χ4v) is 2.70. The summed E-state index contributed by atoms with van der Waals surface area (Å²) in [6, 6.07) is 14.4. The van der Waals surface area contributed by atoms with Crippen LogP contribution in [0.2, 0.25) is 0 Å². The molecule has 0 bridgehead atoms. The normalized spacial score (nSPS) is 10.8. The third-order valence-corrected chi connectivity index (χ3v) is 4.25. The summed E-state index contributed by atoms with van der Waals surface area (Å²) in [5.74, 6) is 0.667. The molecule has 7 heteroatoms. The molecule has 3 aromatic rings. The van der Waals surface area contributed by atoms with Crippen molar-refractivity contribution in [3.05, 3.63) is 71.6 Å². The number of methoxy groups -OCH3 is 2. The molecule has 0 amide bonds. The van der Waals surface area contributed by atoms with Crippen LogP contribution in [0.15, 0.2) is 59.0 Å². The number of ether oxygens (including phenoxy) is 3. The van der Waals surface area contributed by atoms with Gasteiger partial charge < -0.3 is 18.6 Å². The first-order valence-corrected chi connectivity index (χ1v) is 9.16. The van der Waals surface area contributed by atoms with Gasteiger partial charge in [-0.3, -0.25) is 4.79 Å². The van der Waals surface area contributed by atoms with Crippen LogP contribution in [-0.4, -0.2) is 31.1 Å². The van der Waals surface area contributed by atoms with Crippen LogP contribution in [0.5, 0.6) is 11.5 Å². The zero-order chi connectivity index (χ0) is 21.5. The molecule has 0 N–H and O–H groups in total. The highest BCUT2D eigenvalue weighted by atomic mass is 16.6. The monoisotopic (exact) mass is 407 g/mol. The predicted molar refractivity (Wildman–Crippen MR) is 110 cm³/mol. The molecule has 0 atom stereocenters. The first kappa shape index (κ1) is 20.9. The van der Waals surface area contributed by atoms with E-state index in [1.165, 1.54) is 20.3 Å². The molecule has 0 radical (unpaired) electrons. The Morgan fingerprint density at radius 3 is 2.53 bits per heavy atom. The molecule has 1 heterocycles. The van der Waals surface area contributed by atoms with Gasteiger partial charge in [0.2, 0.25) is 5.89 Å². The Morgan fingerprint density at radius 2 is 1.83 bits per heavy atom. The molecule has 0 fully saturated rings. The topological polar surface area (TPSA) is 87.9 Å². The Morgan fingerprint density at radius 1 is 1.07 bits per heavy atom. The van der Waals surface area contributed by atoms with Crippen LogP contribution in [-0.2, 0) is 20.7 Å². The van der Waals surface area contributed by atoms with Crippen molar-refractivity contribution in [3.63, 3.8) is 0 Å².